The van der Waals surface area contributed by atoms with Crippen LogP contribution in [0.4, 0.5) is 0 Å². The number of nitrogens with zero attached hydrogens (tertiary/aromatic N) is 2. The molecule has 0 N–H and O–H groups in total. The Bertz CT molecular complexity index is 1060. The molecule has 7 heteroatoms. The second-order valence-electron chi connectivity index (χ2n) is 6.35. The zero-order valence-corrected chi connectivity index (χ0v) is 15.5. The van der Waals surface area contributed by atoms with E-state index in [1.54, 1.807) is 43.6 Å². The second kappa shape index (κ2) is 6.34. The molecule has 2 heterocycles. The number of aromatic nitrogens is 1. The van der Waals surface area contributed by atoms with Gasteiger partial charge in [0.1, 0.15) is 18.1 Å². The third-order valence-corrected chi connectivity index (χ3v) is 6.38. The molecular formula is C19H20N2O4S. The topological polar surface area (TPSA) is 60.8 Å². The number of rotatable bonds is 3. The van der Waals surface area contributed by atoms with Crippen LogP contribution < -0.4 is 9.47 Å². The normalized spacial score (nSPS) is 15.3. The van der Waals surface area contributed by atoms with Gasteiger partial charge in [-0.1, -0.05) is 0 Å². The first-order valence-electron chi connectivity index (χ1n) is 8.34. The van der Waals surface area contributed by atoms with Crippen molar-refractivity contribution >= 4 is 20.9 Å². The van der Waals surface area contributed by atoms with Crippen molar-refractivity contribution in [1.29, 1.82) is 0 Å². The van der Waals surface area contributed by atoms with Gasteiger partial charge < -0.3 is 9.47 Å². The molecule has 136 valence electrons. The van der Waals surface area contributed by atoms with Crippen LogP contribution in [0, 0.1) is 0 Å². The smallest absolute Gasteiger partial charge is 0.268 e. The molecule has 0 bridgehead atoms. The molecular weight excluding hydrogens is 352 g/mol. The fraction of sp³-hybridized carbons (Fsp3) is 0.263. The van der Waals surface area contributed by atoms with Gasteiger partial charge >= 0.3 is 0 Å². The third kappa shape index (κ3) is 2.73. The number of ether oxygens (including phenoxy) is 2. The van der Waals surface area contributed by atoms with Crippen LogP contribution in [0.1, 0.15) is 5.56 Å². The van der Waals surface area contributed by atoms with E-state index in [1.165, 1.54) is 3.97 Å². The van der Waals surface area contributed by atoms with Crippen molar-refractivity contribution in [2.75, 3.05) is 27.3 Å². The molecule has 1 aromatic heterocycles. The molecule has 3 aromatic rings. The van der Waals surface area contributed by atoms with Crippen LogP contribution in [-0.2, 0) is 16.6 Å². The molecule has 0 spiro atoms. The fourth-order valence-corrected chi connectivity index (χ4v) is 4.61. The summed E-state index contributed by atoms with van der Waals surface area (Å²) in [5.74, 6) is 1.44. The van der Waals surface area contributed by atoms with Gasteiger partial charge in [0.15, 0.2) is 0 Å². The summed E-state index contributed by atoms with van der Waals surface area (Å²) in [4.78, 5) is 2.39. The molecule has 0 unspecified atom stereocenters. The first kappa shape index (κ1) is 16.9. The number of benzene rings is 2. The summed E-state index contributed by atoms with van der Waals surface area (Å²) < 4.78 is 38.4. The maximum absolute atomic E-state index is 13.1. The van der Waals surface area contributed by atoms with Crippen LogP contribution in [0.5, 0.6) is 11.5 Å². The minimum Gasteiger partial charge on any atom is -0.497 e. The van der Waals surface area contributed by atoms with Crippen molar-refractivity contribution in [1.82, 2.24) is 8.87 Å². The fourth-order valence-electron chi connectivity index (χ4n) is 3.26. The number of fused-ring (bicyclic) bond motifs is 3. The molecule has 4 rings (SSSR count). The quantitative estimate of drug-likeness (QED) is 0.707. The molecule has 0 atom stereocenters. The standard InChI is InChI=1S/C19H20N2O4S/c1-20-11-12-25-19-8-7-18-16(17(19)13-20)9-10-21(18)26(22,23)15-5-3-14(24-2)4-6-15/h3-10H,11-13H2,1-2H3. The Morgan fingerprint density at radius 3 is 2.58 bits per heavy atom. The summed E-state index contributed by atoms with van der Waals surface area (Å²) in [7, 11) is -0.110. The Morgan fingerprint density at radius 2 is 1.85 bits per heavy atom. The summed E-state index contributed by atoms with van der Waals surface area (Å²) in [6.45, 7) is 2.18. The van der Waals surface area contributed by atoms with Crippen LogP contribution >= 0.6 is 0 Å². The Hall–Kier alpha value is -2.51. The summed E-state index contributed by atoms with van der Waals surface area (Å²) in [6.07, 6.45) is 1.61. The summed E-state index contributed by atoms with van der Waals surface area (Å²) >= 11 is 0. The van der Waals surface area contributed by atoms with E-state index in [0.29, 0.717) is 17.9 Å². The molecule has 0 amide bonds. The summed E-state index contributed by atoms with van der Waals surface area (Å²) in [6, 6.07) is 11.9. The van der Waals surface area contributed by atoms with E-state index < -0.39 is 10.0 Å². The molecule has 1 aliphatic rings. The van der Waals surface area contributed by atoms with Crippen molar-refractivity contribution in [3.63, 3.8) is 0 Å². The SMILES string of the molecule is COc1ccc(S(=O)(=O)n2ccc3c4c(ccc32)OCCN(C)C4)cc1. The minimum absolute atomic E-state index is 0.221. The van der Waals surface area contributed by atoms with Gasteiger partial charge in [-0.25, -0.2) is 12.4 Å². The van der Waals surface area contributed by atoms with Crippen LogP contribution in [0.15, 0.2) is 53.6 Å². The molecule has 2 aromatic carbocycles. The lowest BCUT2D eigenvalue weighted by Crippen LogP contribution is -2.20. The monoisotopic (exact) mass is 372 g/mol. The van der Waals surface area contributed by atoms with E-state index in [-0.39, 0.29) is 4.90 Å². The van der Waals surface area contributed by atoms with Crippen LogP contribution in [0.3, 0.4) is 0 Å². The Balaban J connectivity index is 1.84. The van der Waals surface area contributed by atoms with Crippen molar-refractivity contribution in [3.05, 3.63) is 54.2 Å². The van der Waals surface area contributed by atoms with Gasteiger partial charge in [-0.05, 0) is 49.5 Å². The van der Waals surface area contributed by atoms with E-state index >= 15 is 0 Å². The Kier molecular flexibility index (Phi) is 4.13. The molecule has 6 nitrogen and oxygen atoms in total. The lowest BCUT2D eigenvalue weighted by molar-refractivity contribution is 0.259. The van der Waals surface area contributed by atoms with Crippen LogP contribution in [0.2, 0.25) is 0 Å². The number of hydrogen-bond acceptors (Lipinski definition) is 5. The van der Waals surface area contributed by atoms with Gasteiger partial charge in [-0.15, -0.1) is 0 Å². The highest BCUT2D eigenvalue weighted by atomic mass is 32.2. The minimum atomic E-state index is -3.69. The maximum Gasteiger partial charge on any atom is 0.268 e. The van der Waals surface area contributed by atoms with Gasteiger partial charge in [0.25, 0.3) is 10.0 Å². The van der Waals surface area contributed by atoms with E-state index in [9.17, 15) is 8.42 Å². The van der Waals surface area contributed by atoms with Crippen LogP contribution in [-0.4, -0.2) is 44.6 Å². The average molecular weight is 372 g/mol. The lowest BCUT2D eigenvalue weighted by Gasteiger charge is -2.13. The zero-order chi connectivity index (χ0) is 18.3. The largest absolute Gasteiger partial charge is 0.497 e. The van der Waals surface area contributed by atoms with Crippen LogP contribution in [0.25, 0.3) is 10.9 Å². The highest BCUT2D eigenvalue weighted by molar-refractivity contribution is 7.90. The van der Waals surface area contributed by atoms with E-state index in [4.69, 9.17) is 9.47 Å². The van der Waals surface area contributed by atoms with Gasteiger partial charge in [0.05, 0.1) is 17.5 Å². The Morgan fingerprint density at radius 1 is 1.08 bits per heavy atom. The third-order valence-electron chi connectivity index (χ3n) is 4.68. The lowest BCUT2D eigenvalue weighted by atomic mass is 10.1. The van der Waals surface area contributed by atoms with E-state index in [0.717, 1.165) is 29.8 Å². The van der Waals surface area contributed by atoms with Gasteiger partial charge in [-0.3, -0.25) is 4.90 Å². The molecule has 0 saturated heterocycles. The predicted octanol–water partition coefficient (Wildman–Crippen LogP) is 2.71. The Labute approximate surface area is 152 Å². The van der Waals surface area contributed by atoms with Crippen molar-refractivity contribution in [3.8, 4) is 11.5 Å². The zero-order valence-electron chi connectivity index (χ0n) is 14.7. The van der Waals surface area contributed by atoms with E-state index in [1.807, 2.05) is 19.2 Å². The maximum atomic E-state index is 13.1. The first-order chi connectivity index (χ1) is 12.5. The van der Waals surface area contributed by atoms with Crippen molar-refractivity contribution < 1.29 is 17.9 Å². The molecule has 0 radical (unpaired) electrons. The number of methoxy groups -OCH3 is 1. The molecule has 0 saturated carbocycles. The average Bonchev–Trinajstić information content (AvgIpc) is 2.99. The van der Waals surface area contributed by atoms with Gasteiger partial charge in [0.2, 0.25) is 0 Å². The summed E-state index contributed by atoms with van der Waals surface area (Å²) in [5.41, 5.74) is 1.67. The van der Waals surface area contributed by atoms with Crippen molar-refractivity contribution in [2.45, 2.75) is 11.4 Å². The highest BCUT2D eigenvalue weighted by Crippen LogP contribution is 2.33. The first-order valence-corrected chi connectivity index (χ1v) is 9.78. The number of likely N-dealkylation sites (N-methyl/N-ethyl adjacent to an activating group) is 1. The number of hydrogen-bond donors (Lipinski definition) is 0. The second-order valence-corrected chi connectivity index (χ2v) is 8.17. The molecule has 26 heavy (non-hydrogen) atoms. The van der Waals surface area contributed by atoms with Crippen molar-refractivity contribution in [2.24, 2.45) is 0 Å². The highest BCUT2D eigenvalue weighted by Gasteiger charge is 2.22. The molecule has 0 fully saturated rings. The molecule has 0 aliphatic carbocycles. The van der Waals surface area contributed by atoms with Gasteiger partial charge in [-0.2, -0.15) is 0 Å². The van der Waals surface area contributed by atoms with E-state index in [2.05, 4.69) is 4.90 Å². The predicted molar refractivity (Wildman–Crippen MR) is 99.3 cm³/mol. The summed E-state index contributed by atoms with van der Waals surface area (Å²) in [5, 5.41) is 0.897. The molecule has 1 aliphatic heterocycles. The van der Waals surface area contributed by atoms with Gasteiger partial charge in [0, 0.05) is 30.2 Å².